The summed E-state index contributed by atoms with van der Waals surface area (Å²) in [5.41, 5.74) is 0.382. The Hall–Kier alpha value is 0.0500. The first-order valence-corrected chi connectivity index (χ1v) is 8.22. The molecule has 0 radical (unpaired) electrons. The molecule has 1 aromatic carbocycles. The third kappa shape index (κ3) is 6.52. The largest absolute Gasteiger partial charge is 0.126 e. The second kappa shape index (κ2) is 7.48. The minimum Gasteiger partial charge on any atom is -0.126 e. The van der Waals surface area contributed by atoms with Crippen molar-refractivity contribution in [2.75, 3.05) is 5.75 Å². The van der Waals surface area contributed by atoms with Crippen molar-refractivity contribution in [3.05, 3.63) is 30.3 Å². The molecule has 0 aromatic heterocycles. The molecule has 0 saturated carbocycles. The van der Waals surface area contributed by atoms with Crippen LogP contribution in [-0.2, 0) is 0 Å². The van der Waals surface area contributed by atoms with Crippen LogP contribution in [-0.4, -0.2) is 10.6 Å². The molecule has 0 aliphatic rings. The van der Waals surface area contributed by atoms with Gasteiger partial charge in [0.15, 0.2) is 0 Å². The molecule has 0 N–H and O–H groups in total. The predicted octanol–water partition coefficient (Wildman–Crippen LogP) is 5.76. The third-order valence-corrected chi connectivity index (χ3v) is 5.73. The highest BCUT2D eigenvalue weighted by Gasteiger charge is 2.20. The number of alkyl halides is 1. The quantitative estimate of drug-likeness (QED) is 0.365. The SMILES string of the molecule is CC(C)(C)C(Br)CCCCSc1ccccc1. The Balaban J connectivity index is 2.09. The van der Waals surface area contributed by atoms with Crippen molar-refractivity contribution in [1.29, 1.82) is 0 Å². The van der Waals surface area contributed by atoms with Gasteiger partial charge in [-0.15, -0.1) is 11.8 Å². The number of thioether (sulfide) groups is 1. The van der Waals surface area contributed by atoms with Gasteiger partial charge in [-0.2, -0.15) is 0 Å². The van der Waals surface area contributed by atoms with Crippen molar-refractivity contribution in [3.8, 4) is 0 Å². The predicted molar refractivity (Wildman–Crippen MR) is 83.2 cm³/mol. The Morgan fingerprint density at radius 3 is 2.35 bits per heavy atom. The van der Waals surface area contributed by atoms with E-state index in [9.17, 15) is 0 Å². The highest BCUT2D eigenvalue weighted by Crippen LogP contribution is 2.30. The Bertz CT molecular complexity index is 302. The maximum Gasteiger partial charge on any atom is 0.0194 e. The van der Waals surface area contributed by atoms with Crippen LogP contribution in [0.15, 0.2) is 35.2 Å². The maximum absolute atomic E-state index is 3.79. The van der Waals surface area contributed by atoms with Crippen LogP contribution in [0.4, 0.5) is 0 Å². The number of hydrogen-bond acceptors (Lipinski definition) is 1. The van der Waals surface area contributed by atoms with Crippen molar-refractivity contribution < 1.29 is 0 Å². The molecule has 0 nitrogen and oxygen atoms in total. The summed E-state index contributed by atoms with van der Waals surface area (Å²) in [6.45, 7) is 6.89. The summed E-state index contributed by atoms with van der Waals surface area (Å²) >= 11 is 5.75. The average molecular weight is 315 g/mol. The lowest BCUT2D eigenvalue weighted by Gasteiger charge is -2.25. The molecular weight excluding hydrogens is 292 g/mol. The molecule has 17 heavy (non-hydrogen) atoms. The van der Waals surface area contributed by atoms with E-state index in [-0.39, 0.29) is 0 Å². The fourth-order valence-electron chi connectivity index (χ4n) is 1.57. The van der Waals surface area contributed by atoms with Gasteiger partial charge in [-0.05, 0) is 36.1 Å². The monoisotopic (exact) mass is 314 g/mol. The lowest BCUT2D eigenvalue weighted by atomic mass is 9.89. The smallest absolute Gasteiger partial charge is 0.0194 e. The Morgan fingerprint density at radius 1 is 1.12 bits per heavy atom. The molecule has 0 aliphatic heterocycles. The van der Waals surface area contributed by atoms with Crippen molar-refractivity contribution in [1.82, 2.24) is 0 Å². The standard InChI is InChI=1S/C15H23BrS/c1-15(2,3)14(16)11-7-8-12-17-13-9-5-4-6-10-13/h4-6,9-10,14H,7-8,11-12H2,1-3H3. The van der Waals surface area contributed by atoms with Gasteiger partial charge in [-0.3, -0.25) is 0 Å². The second-order valence-corrected chi connectivity index (χ2v) is 7.76. The van der Waals surface area contributed by atoms with Gasteiger partial charge < -0.3 is 0 Å². The molecule has 0 heterocycles. The number of hydrogen-bond donors (Lipinski definition) is 0. The summed E-state index contributed by atoms with van der Waals surface area (Å²) in [6.07, 6.45) is 3.89. The van der Waals surface area contributed by atoms with Crippen LogP contribution in [0.3, 0.4) is 0 Å². The van der Waals surface area contributed by atoms with Crippen LogP contribution in [0.1, 0.15) is 40.0 Å². The van der Waals surface area contributed by atoms with E-state index in [2.05, 4.69) is 67.0 Å². The zero-order valence-electron chi connectivity index (χ0n) is 11.1. The molecule has 1 unspecified atom stereocenters. The number of unbranched alkanes of at least 4 members (excludes halogenated alkanes) is 1. The van der Waals surface area contributed by atoms with Crippen LogP contribution in [0.5, 0.6) is 0 Å². The van der Waals surface area contributed by atoms with Crippen LogP contribution in [0, 0.1) is 5.41 Å². The fourth-order valence-corrected chi connectivity index (χ4v) is 2.82. The normalized spacial score (nSPS) is 13.6. The lowest BCUT2D eigenvalue weighted by molar-refractivity contribution is 0.380. The molecule has 0 saturated heterocycles. The van der Waals surface area contributed by atoms with E-state index in [1.54, 1.807) is 0 Å². The number of halogens is 1. The van der Waals surface area contributed by atoms with E-state index in [0.717, 1.165) is 0 Å². The molecule has 0 fully saturated rings. The highest BCUT2D eigenvalue weighted by molar-refractivity contribution is 9.09. The first-order valence-electron chi connectivity index (χ1n) is 6.32. The molecule has 0 bridgehead atoms. The summed E-state index contributed by atoms with van der Waals surface area (Å²) in [7, 11) is 0. The van der Waals surface area contributed by atoms with E-state index < -0.39 is 0 Å². The summed E-state index contributed by atoms with van der Waals surface area (Å²) in [6, 6.07) is 10.7. The molecule has 0 spiro atoms. The maximum atomic E-state index is 3.79. The molecule has 0 amide bonds. The number of benzene rings is 1. The minimum atomic E-state index is 0.382. The highest BCUT2D eigenvalue weighted by atomic mass is 79.9. The van der Waals surface area contributed by atoms with Crippen molar-refractivity contribution in [2.24, 2.45) is 5.41 Å². The lowest BCUT2D eigenvalue weighted by Crippen LogP contribution is -2.19. The van der Waals surface area contributed by atoms with Crippen LogP contribution in [0.2, 0.25) is 0 Å². The van der Waals surface area contributed by atoms with Crippen LogP contribution in [0.25, 0.3) is 0 Å². The summed E-state index contributed by atoms with van der Waals surface area (Å²) in [5, 5.41) is 0. The van der Waals surface area contributed by atoms with Gasteiger partial charge in [0.2, 0.25) is 0 Å². The van der Waals surface area contributed by atoms with Gasteiger partial charge in [0.25, 0.3) is 0 Å². The van der Waals surface area contributed by atoms with Crippen LogP contribution < -0.4 is 0 Å². The summed E-state index contributed by atoms with van der Waals surface area (Å²) < 4.78 is 0. The zero-order valence-corrected chi connectivity index (χ0v) is 13.5. The van der Waals surface area contributed by atoms with Gasteiger partial charge in [0.05, 0.1) is 0 Å². The topological polar surface area (TPSA) is 0 Å². The second-order valence-electron chi connectivity index (χ2n) is 5.49. The van der Waals surface area contributed by atoms with E-state index in [4.69, 9.17) is 0 Å². The van der Waals surface area contributed by atoms with Gasteiger partial charge >= 0.3 is 0 Å². The van der Waals surface area contributed by atoms with Crippen molar-refractivity contribution in [2.45, 2.75) is 49.8 Å². The minimum absolute atomic E-state index is 0.382. The van der Waals surface area contributed by atoms with E-state index in [1.165, 1.54) is 29.9 Å². The van der Waals surface area contributed by atoms with Crippen molar-refractivity contribution in [3.63, 3.8) is 0 Å². The van der Waals surface area contributed by atoms with E-state index >= 15 is 0 Å². The Morgan fingerprint density at radius 2 is 1.76 bits per heavy atom. The molecular formula is C15H23BrS. The van der Waals surface area contributed by atoms with Gasteiger partial charge in [-0.1, -0.05) is 61.3 Å². The van der Waals surface area contributed by atoms with E-state index in [0.29, 0.717) is 10.2 Å². The molecule has 1 aromatic rings. The summed E-state index contributed by atoms with van der Waals surface area (Å²) in [4.78, 5) is 2.02. The average Bonchev–Trinajstić information content (AvgIpc) is 2.28. The van der Waals surface area contributed by atoms with Crippen LogP contribution >= 0.6 is 27.7 Å². The molecule has 0 aliphatic carbocycles. The fraction of sp³-hybridized carbons (Fsp3) is 0.600. The molecule has 1 atom stereocenters. The molecule has 96 valence electrons. The number of rotatable bonds is 6. The first-order chi connectivity index (χ1) is 8.00. The van der Waals surface area contributed by atoms with Gasteiger partial charge in [-0.25, -0.2) is 0 Å². The Kier molecular flexibility index (Phi) is 6.65. The zero-order chi connectivity index (χ0) is 12.7. The third-order valence-electron chi connectivity index (χ3n) is 2.80. The summed E-state index contributed by atoms with van der Waals surface area (Å²) in [5.74, 6) is 1.23. The van der Waals surface area contributed by atoms with E-state index in [1.807, 2.05) is 11.8 Å². The van der Waals surface area contributed by atoms with Gasteiger partial charge in [0.1, 0.15) is 0 Å². The molecule has 2 heteroatoms. The first kappa shape index (κ1) is 15.1. The van der Waals surface area contributed by atoms with Gasteiger partial charge in [0, 0.05) is 9.72 Å². The molecule has 1 rings (SSSR count). The van der Waals surface area contributed by atoms with Crippen molar-refractivity contribution >= 4 is 27.7 Å². The Labute approximate surface area is 119 Å².